The lowest BCUT2D eigenvalue weighted by atomic mass is 9.52. The number of imide groups is 1. The molecule has 0 aromatic rings. The molecule has 5 heteroatoms. The summed E-state index contributed by atoms with van der Waals surface area (Å²) in [6, 6.07) is 0. The van der Waals surface area contributed by atoms with E-state index in [1.165, 1.54) is 7.11 Å². The molecule has 0 unspecified atom stereocenters. The molecular formula is C13H19NO4. The monoisotopic (exact) mass is 253 g/mol. The fraction of sp³-hybridized carbons (Fsp3) is 0.769. The molecule has 0 radical (unpaired) electrons. The van der Waals surface area contributed by atoms with E-state index in [9.17, 15) is 14.4 Å². The third-order valence-corrected chi connectivity index (χ3v) is 4.34. The second-order valence-electron chi connectivity index (χ2n) is 6.49. The minimum atomic E-state index is -0.774. The Labute approximate surface area is 106 Å². The Morgan fingerprint density at radius 2 is 1.50 bits per heavy atom. The smallest absolute Gasteiger partial charge is 0.311 e. The number of rotatable bonds is 1. The van der Waals surface area contributed by atoms with Crippen LogP contribution >= 0.6 is 0 Å². The molecule has 1 heterocycles. The highest BCUT2D eigenvalue weighted by atomic mass is 16.5. The Bertz CT molecular complexity index is 416. The van der Waals surface area contributed by atoms with E-state index in [1.807, 2.05) is 13.8 Å². The summed E-state index contributed by atoms with van der Waals surface area (Å²) in [4.78, 5) is 35.9. The van der Waals surface area contributed by atoms with Crippen molar-refractivity contribution in [3.8, 4) is 0 Å². The number of ether oxygens (including phenoxy) is 1. The lowest BCUT2D eigenvalue weighted by Crippen LogP contribution is -2.62. The van der Waals surface area contributed by atoms with Crippen LogP contribution in [0.3, 0.4) is 0 Å². The van der Waals surface area contributed by atoms with E-state index in [-0.39, 0.29) is 17.8 Å². The number of hydrogen-bond acceptors (Lipinski definition) is 4. The zero-order valence-electron chi connectivity index (χ0n) is 11.3. The summed E-state index contributed by atoms with van der Waals surface area (Å²) in [7, 11) is 1.34. The van der Waals surface area contributed by atoms with Crippen molar-refractivity contribution in [2.75, 3.05) is 7.11 Å². The van der Waals surface area contributed by atoms with Crippen LogP contribution in [-0.2, 0) is 19.1 Å². The Kier molecular flexibility index (Phi) is 2.58. The summed E-state index contributed by atoms with van der Waals surface area (Å²) in [5, 5.41) is 2.43. The van der Waals surface area contributed by atoms with E-state index in [1.54, 1.807) is 6.92 Å². The number of piperidine rings is 1. The SMILES string of the molecule is COC(=O)C1(C)C[C@]2(C)C[C@@](C)(C1)C(=O)NC2=O. The molecule has 0 spiro atoms. The van der Waals surface area contributed by atoms with Crippen molar-refractivity contribution in [1.82, 2.24) is 5.32 Å². The van der Waals surface area contributed by atoms with Crippen molar-refractivity contribution in [2.24, 2.45) is 16.2 Å². The second kappa shape index (κ2) is 3.56. The molecule has 100 valence electrons. The molecule has 2 aliphatic rings. The molecular weight excluding hydrogens is 234 g/mol. The van der Waals surface area contributed by atoms with Gasteiger partial charge in [-0.2, -0.15) is 0 Å². The van der Waals surface area contributed by atoms with Gasteiger partial charge >= 0.3 is 5.97 Å². The first-order valence-corrected chi connectivity index (χ1v) is 6.10. The number of hydrogen-bond donors (Lipinski definition) is 1. The minimum Gasteiger partial charge on any atom is -0.469 e. The van der Waals surface area contributed by atoms with Gasteiger partial charge < -0.3 is 4.74 Å². The molecule has 18 heavy (non-hydrogen) atoms. The van der Waals surface area contributed by atoms with Crippen molar-refractivity contribution in [1.29, 1.82) is 0 Å². The molecule has 0 aromatic heterocycles. The van der Waals surface area contributed by atoms with E-state index in [0.29, 0.717) is 19.3 Å². The van der Waals surface area contributed by atoms with Gasteiger partial charge in [-0.3, -0.25) is 19.7 Å². The number of amides is 2. The van der Waals surface area contributed by atoms with Crippen molar-refractivity contribution in [2.45, 2.75) is 40.0 Å². The van der Waals surface area contributed by atoms with Crippen molar-refractivity contribution in [3.63, 3.8) is 0 Å². The summed E-state index contributed by atoms with van der Waals surface area (Å²) in [5.41, 5.74) is -2.13. The Morgan fingerprint density at radius 1 is 1.06 bits per heavy atom. The maximum absolute atomic E-state index is 12.0. The Hall–Kier alpha value is -1.39. The molecule has 1 aliphatic heterocycles. The largest absolute Gasteiger partial charge is 0.469 e. The van der Waals surface area contributed by atoms with E-state index < -0.39 is 16.2 Å². The van der Waals surface area contributed by atoms with Gasteiger partial charge in [0.05, 0.1) is 12.5 Å². The lowest BCUT2D eigenvalue weighted by molar-refractivity contribution is -0.172. The second-order valence-corrected chi connectivity index (χ2v) is 6.49. The number of nitrogens with one attached hydrogen (secondary N) is 1. The molecule has 0 aromatic carbocycles. The molecule has 2 bridgehead atoms. The van der Waals surface area contributed by atoms with Gasteiger partial charge in [0, 0.05) is 10.8 Å². The van der Waals surface area contributed by atoms with Crippen LogP contribution < -0.4 is 5.32 Å². The normalized spacial score (nSPS) is 43.3. The summed E-state index contributed by atoms with van der Waals surface area (Å²) in [6.07, 6.45) is 1.33. The molecule has 5 nitrogen and oxygen atoms in total. The van der Waals surface area contributed by atoms with Gasteiger partial charge in [0.1, 0.15) is 0 Å². The van der Waals surface area contributed by atoms with Crippen LogP contribution in [0.4, 0.5) is 0 Å². The Balaban J connectivity index is 2.45. The molecule has 2 fully saturated rings. The zero-order valence-corrected chi connectivity index (χ0v) is 11.3. The zero-order chi connectivity index (χ0) is 13.8. The number of esters is 1. The van der Waals surface area contributed by atoms with Crippen LogP contribution in [0.25, 0.3) is 0 Å². The number of carbonyl (C=O) groups excluding carboxylic acids is 3. The first-order chi connectivity index (χ1) is 8.15. The summed E-state index contributed by atoms with van der Waals surface area (Å²) < 4.78 is 4.84. The molecule has 1 saturated carbocycles. The predicted molar refractivity (Wildman–Crippen MR) is 63.3 cm³/mol. The summed E-state index contributed by atoms with van der Waals surface area (Å²) in [5.74, 6) is -0.901. The highest BCUT2D eigenvalue weighted by Gasteiger charge is 2.61. The van der Waals surface area contributed by atoms with Crippen LogP contribution in [0, 0.1) is 16.2 Å². The van der Waals surface area contributed by atoms with E-state index in [4.69, 9.17) is 4.74 Å². The van der Waals surface area contributed by atoms with Gasteiger partial charge in [-0.1, -0.05) is 13.8 Å². The highest BCUT2D eigenvalue weighted by molar-refractivity contribution is 6.04. The van der Waals surface area contributed by atoms with Crippen LogP contribution in [0.15, 0.2) is 0 Å². The van der Waals surface area contributed by atoms with E-state index >= 15 is 0 Å². The van der Waals surface area contributed by atoms with Gasteiger partial charge in [-0.25, -0.2) is 0 Å². The molecule has 2 rings (SSSR count). The average Bonchev–Trinajstić information content (AvgIpc) is 2.24. The topological polar surface area (TPSA) is 72.5 Å². The predicted octanol–water partition coefficient (Wildman–Crippen LogP) is 1.02. The van der Waals surface area contributed by atoms with E-state index in [2.05, 4.69) is 5.32 Å². The standard InChI is InChI=1S/C13H19NO4/c1-11-5-12(2,9(16)14-8(11)15)7-13(3,6-11)10(17)18-4/h5-7H2,1-4H3,(H,14,15,16)/t11-,12-/m0/s1. The number of methoxy groups -OCH3 is 1. The van der Waals surface area contributed by atoms with Crippen molar-refractivity contribution in [3.05, 3.63) is 0 Å². The molecule has 1 aliphatic carbocycles. The molecule has 1 saturated heterocycles. The van der Waals surface area contributed by atoms with Crippen LogP contribution in [0.5, 0.6) is 0 Å². The number of carbonyl (C=O) groups is 3. The van der Waals surface area contributed by atoms with E-state index in [0.717, 1.165) is 0 Å². The van der Waals surface area contributed by atoms with Crippen LogP contribution in [0.1, 0.15) is 40.0 Å². The molecule has 2 atom stereocenters. The van der Waals surface area contributed by atoms with Gasteiger partial charge in [0.2, 0.25) is 11.8 Å². The third kappa shape index (κ3) is 1.64. The fourth-order valence-electron chi connectivity index (χ4n) is 3.89. The molecule has 1 N–H and O–H groups in total. The fourth-order valence-corrected chi connectivity index (χ4v) is 3.89. The van der Waals surface area contributed by atoms with Crippen molar-refractivity contribution >= 4 is 17.8 Å². The Morgan fingerprint density at radius 3 is 1.89 bits per heavy atom. The number of fused-ring (bicyclic) bond motifs is 2. The quantitative estimate of drug-likeness (QED) is 0.559. The van der Waals surface area contributed by atoms with Crippen molar-refractivity contribution < 1.29 is 19.1 Å². The van der Waals surface area contributed by atoms with Crippen LogP contribution in [0.2, 0.25) is 0 Å². The van der Waals surface area contributed by atoms with Gasteiger partial charge in [-0.15, -0.1) is 0 Å². The average molecular weight is 253 g/mol. The van der Waals surface area contributed by atoms with Crippen LogP contribution in [-0.4, -0.2) is 24.9 Å². The first-order valence-electron chi connectivity index (χ1n) is 6.10. The molecule has 2 amide bonds. The van der Waals surface area contributed by atoms with Gasteiger partial charge in [0.15, 0.2) is 0 Å². The van der Waals surface area contributed by atoms with Gasteiger partial charge in [-0.05, 0) is 26.2 Å². The summed E-state index contributed by atoms with van der Waals surface area (Å²) >= 11 is 0. The maximum atomic E-state index is 12.0. The summed E-state index contributed by atoms with van der Waals surface area (Å²) in [6.45, 7) is 5.40. The minimum absolute atomic E-state index is 0.278. The first kappa shape index (κ1) is 13.1. The maximum Gasteiger partial charge on any atom is 0.311 e. The third-order valence-electron chi connectivity index (χ3n) is 4.34. The lowest BCUT2D eigenvalue weighted by Gasteiger charge is -2.52. The highest BCUT2D eigenvalue weighted by Crippen LogP contribution is 2.56. The van der Waals surface area contributed by atoms with Gasteiger partial charge in [0.25, 0.3) is 0 Å².